The van der Waals surface area contributed by atoms with E-state index in [1.807, 2.05) is 55.3 Å². The Morgan fingerprint density at radius 2 is 1.88 bits per heavy atom. The van der Waals surface area contributed by atoms with E-state index >= 15 is 4.79 Å². The summed E-state index contributed by atoms with van der Waals surface area (Å²) in [4.78, 5) is 52.7. The number of carbonyl (C=O) groups excluding carboxylic acids is 3. The van der Waals surface area contributed by atoms with Crippen molar-refractivity contribution in [1.29, 1.82) is 0 Å². The molecule has 0 unspecified atom stereocenters. The zero-order chi connectivity index (χ0) is 40.5. The Bertz CT molecular complexity index is 2100. The fourth-order valence-corrected chi connectivity index (χ4v) is 12.3. The lowest BCUT2D eigenvalue weighted by atomic mass is 9.47. The number of hydrogen-bond acceptors (Lipinski definition) is 11. The van der Waals surface area contributed by atoms with Crippen LogP contribution in [0, 0.1) is 11.3 Å². The van der Waals surface area contributed by atoms with Crippen LogP contribution in [0.2, 0.25) is 0 Å². The molecule has 12 heteroatoms. The van der Waals surface area contributed by atoms with E-state index in [-0.39, 0.29) is 12.0 Å². The van der Waals surface area contributed by atoms with Gasteiger partial charge in [0.15, 0.2) is 6.10 Å². The van der Waals surface area contributed by atoms with Crippen molar-refractivity contribution in [1.82, 2.24) is 14.8 Å². The second-order valence-electron chi connectivity index (χ2n) is 16.9. The summed E-state index contributed by atoms with van der Waals surface area (Å²) in [5.41, 5.74) is -1.54. The molecular formula is C45H56N4O8. The van der Waals surface area contributed by atoms with E-state index in [0.29, 0.717) is 49.4 Å². The Morgan fingerprint density at radius 3 is 2.56 bits per heavy atom. The molecule has 2 saturated heterocycles. The molecule has 5 aliphatic rings. The molecule has 3 fully saturated rings. The molecule has 5 heterocycles. The highest BCUT2D eigenvalue weighted by molar-refractivity contribution is 5.93. The topological polar surface area (TPSA) is 134 Å². The van der Waals surface area contributed by atoms with Crippen LogP contribution in [0.25, 0.3) is 10.9 Å². The number of carbonyl (C=O) groups is 3. The number of aromatic amines is 1. The van der Waals surface area contributed by atoms with E-state index < -0.39 is 51.9 Å². The van der Waals surface area contributed by atoms with Gasteiger partial charge in [-0.2, -0.15) is 0 Å². The standard InChI is InChI=1S/C45H56N4O8/c1-8-19-48-20-12-14-29(27-48)26-44(40(51)55-6,36-23-30-15-10-11-16-33(30)46-36)32-24-31-34(25-35(32)54-5)47(4)38-43(31)18-22-49-21-13-17-42(9-2,37(43)49)39(57-28(3)50)45(38,53)41(52)56-7/h8,10-11,13,15-17,23-25,29,37-39,46,53H,1,9,12,14,18-22,26-27H2,2-7H3/t29-,37-,38+,39+,42+,43+,44-,45-/m0/s1. The highest BCUT2D eigenvalue weighted by Crippen LogP contribution is 2.68. The number of para-hydroxylation sites is 1. The van der Waals surface area contributed by atoms with Crippen molar-refractivity contribution < 1.29 is 38.4 Å². The second-order valence-corrected chi connectivity index (χ2v) is 16.9. The van der Waals surface area contributed by atoms with Crippen LogP contribution in [-0.2, 0) is 39.4 Å². The van der Waals surface area contributed by atoms with Crippen molar-refractivity contribution >= 4 is 34.5 Å². The van der Waals surface area contributed by atoms with Gasteiger partial charge in [0.25, 0.3) is 0 Å². The number of hydrogen-bond donors (Lipinski definition) is 2. The largest absolute Gasteiger partial charge is 0.496 e. The van der Waals surface area contributed by atoms with Crippen LogP contribution in [-0.4, -0.2) is 123 Å². The molecule has 304 valence electrons. The minimum Gasteiger partial charge on any atom is -0.496 e. The summed E-state index contributed by atoms with van der Waals surface area (Å²) in [6, 6.07) is 12.9. The number of aliphatic hydroxyl groups is 1. The van der Waals surface area contributed by atoms with E-state index in [1.165, 1.54) is 21.1 Å². The molecule has 4 aliphatic heterocycles. The molecule has 2 aromatic carbocycles. The number of likely N-dealkylation sites (tertiary alicyclic amines) is 1. The van der Waals surface area contributed by atoms with Crippen LogP contribution in [0.3, 0.4) is 0 Å². The number of benzene rings is 2. The van der Waals surface area contributed by atoms with E-state index in [4.69, 9.17) is 18.9 Å². The Morgan fingerprint density at radius 1 is 1.09 bits per heavy atom. The van der Waals surface area contributed by atoms with Gasteiger partial charge in [0.05, 0.1) is 27.4 Å². The molecule has 0 radical (unpaired) electrons. The van der Waals surface area contributed by atoms with Crippen LogP contribution in [0.5, 0.6) is 5.75 Å². The van der Waals surface area contributed by atoms with E-state index in [9.17, 15) is 14.7 Å². The van der Waals surface area contributed by atoms with E-state index in [0.717, 1.165) is 54.6 Å². The number of likely N-dealkylation sites (N-methyl/N-ethyl adjacent to an activating group) is 1. The van der Waals surface area contributed by atoms with Gasteiger partial charge in [-0.15, -0.1) is 6.58 Å². The average molecular weight is 781 g/mol. The summed E-state index contributed by atoms with van der Waals surface area (Å²) in [7, 11) is 6.18. The number of esters is 3. The van der Waals surface area contributed by atoms with Crippen molar-refractivity contribution in [2.75, 3.05) is 66.0 Å². The van der Waals surface area contributed by atoms with Gasteiger partial charge in [0.2, 0.25) is 5.60 Å². The minimum absolute atomic E-state index is 0.123. The van der Waals surface area contributed by atoms with Gasteiger partial charge >= 0.3 is 17.9 Å². The monoisotopic (exact) mass is 780 g/mol. The first-order chi connectivity index (χ1) is 27.4. The van der Waals surface area contributed by atoms with Gasteiger partial charge < -0.3 is 33.9 Å². The molecule has 2 N–H and O–H groups in total. The molecule has 8 rings (SSSR count). The predicted molar refractivity (Wildman–Crippen MR) is 216 cm³/mol. The first-order valence-corrected chi connectivity index (χ1v) is 20.3. The Hall–Kier alpha value is -4.65. The van der Waals surface area contributed by atoms with Crippen molar-refractivity contribution in [3.8, 4) is 5.75 Å². The Labute approximate surface area is 334 Å². The highest BCUT2D eigenvalue weighted by atomic mass is 16.6. The van der Waals surface area contributed by atoms with Gasteiger partial charge in [-0.05, 0) is 80.3 Å². The van der Waals surface area contributed by atoms with Crippen LogP contribution in [0.15, 0.2) is 67.3 Å². The molecule has 1 saturated carbocycles. The molecule has 3 aromatic rings. The molecule has 1 aromatic heterocycles. The van der Waals surface area contributed by atoms with Crippen LogP contribution < -0.4 is 9.64 Å². The van der Waals surface area contributed by atoms with E-state index in [2.05, 4.69) is 45.6 Å². The third-order valence-corrected chi connectivity index (χ3v) is 14.3. The summed E-state index contributed by atoms with van der Waals surface area (Å²) in [5.74, 6) is -1.26. The maximum atomic E-state index is 15.1. The molecule has 12 nitrogen and oxygen atoms in total. The number of fused-ring (bicyclic) bond motifs is 2. The lowest BCUT2D eigenvalue weighted by Gasteiger charge is -2.63. The quantitative estimate of drug-likeness (QED) is 0.157. The second kappa shape index (κ2) is 14.3. The van der Waals surface area contributed by atoms with Crippen molar-refractivity contribution in [3.63, 3.8) is 0 Å². The third kappa shape index (κ3) is 5.39. The smallest absolute Gasteiger partial charge is 0.344 e. The zero-order valence-electron chi connectivity index (χ0n) is 34.0. The normalized spacial score (nSPS) is 31.5. The number of aromatic nitrogens is 1. The number of methoxy groups -OCH3 is 3. The fourth-order valence-electron chi connectivity index (χ4n) is 12.3. The van der Waals surface area contributed by atoms with Crippen LogP contribution in [0.4, 0.5) is 5.69 Å². The van der Waals surface area contributed by atoms with Crippen molar-refractivity contribution in [3.05, 3.63) is 84.1 Å². The number of anilines is 1. The van der Waals surface area contributed by atoms with Gasteiger partial charge in [0.1, 0.15) is 11.2 Å². The first-order valence-electron chi connectivity index (χ1n) is 20.3. The minimum atomic E-state index is -2.28. The molecular weight excluding hydrogens is 725 g/mol. The number of nitrogens with zero attached hydrogens (tertiary/aromatic N) is 3. The molecule has 57 heavy (non-hydrogen) atoms. The number of ether oxygens (including phenoxy) is 4. The zero-order valence-corrected chi connectivity index (χ0v) is 34.0. The van der Waals surface area contributed by atoms with Gasteiger partial charge in [-0.3, -0.25) is 19.4 Å². The molecule has 8 atom stereocenters. The Balaban J connectivity index is 1.43. The van der Waals surface area contributed by atoms with Crippen LogP contribution >= 0.6 is 0 Å². The van der Waals surface area contributed by atoms with Crippen molar-refractivity contribution in [2.24, 2.45) is 11.3 Å². The van der Waals surface area contributed by atoms with Gasteiger partial charge in [0, 0.05) is 79.0 Å². The molecule has 0 bridgehead atoms. The van der Waals surface area contributed by atoms with Crippen molar-refractivity contribution in [2.45, 2.75) is 80.6 Å². The highest BCUT2D eigenvalue weighted by Gasteiger charge is 2.80. The number of H-pyrrole nitrogens is 1. The summed E-state index contributed by atoms with van der Waals surface area (Å²) in [6.45, 7) is 11.2. The molecule has 0 amide bonds. The maximum absolute atomic E-state index is 15.1. The SMILES string of the molecule is C=CCN1CCC[C@@H](C[C@@](C(=O)OC)(c2cc3ccccc3[nH]2)c2cc3c(cc2OC)N(C)[C@H]2[C@@](O)(C(=O)OC)[C@H](OC(C)=O)[C@]4(CC)C=CCN5CC[C@]32[C@@H]54)C1. The average Bonchev–Trinajstić information content (AvgIpc) is 3.90. The molecule has 1 aliphatic carbocycles. The number of nitrogens with one attached hydrogen (secondary N) is 1. The van der Waals surface area contributed by atoms with E-state index in [1.54, 1.807) is 7.11 Å². The van der Waals surface area contributed by atoms with Crippen LogP contribution in [0.1, 0.15) is 62.8 Å². The lowest BCUT2D eigenvalue weighted by Crippen LogP contribution is -2.81. The summed E-state index contributed by atoms with van der Waals surface area (Å²) < 4.78 is 23.8. The lowest BCUT2D eigenvalue weighted by molar-refractivity contribution is -0.228. The number of rotatable bonds is 11. The predicted octanol–water partition coefficient (Wildman–Crippen LogP) is 4.87. The van der Waals surface area contributed by atoms with Gasteiger partial charge in [-0.1, -0.05) is 43.4 Å². The molecule has 1 spiro atoms. The Kier molecular flexibility index (Phi) is 9.84. The first kappa shape index (κ1) is 39.2. The summed E-state index contributed by atoms with van der Waals surface area (Å²) in [5, 5.41) is 14.2. The summed E-state index contributed by atoms with van der Waals surface area (Å²) >= 11 is 0. The fraction of sp³-hybridized carbons (Fsp3) is 0.533. The maximum Gasteiger partial charge on any atom is 0.344 e. The van der Waals surface area contributed by atoms with Gasteiger partial charge in [-0.25, -0.2) is 4.79 Å². The number of piperidine rings is 1. The summed E-state index contributed by atoms with van der Waals surface area (Å²) in [6.07, 6.45) is 8.23. The third-order valence-electron chi connectivity index (χ3n) is 14.3.